The second-order valence-electron chi connectivity index (χ2n) is 5.61. The quantitative estimate of drug-likeness (QED) is 0.609. The molecule has 2 aromatic heterocycles. The molecule has 0 saturated heterocycles. The Balaban J connectivity index is 2.18. The van der Waals surface area contributed by atoms with E-state index in [2.05, 4.69) is 26.3 Å². The normalized spacial score (nSPS) is 10.5. The number of rotatable bonds is 8. The lowest BCUT2D eigenvalue weighted by molar-refractivity contribution is -0.116. The van der Waals surface area contributed by atoms with Crippen molar-refractivity contribution >= 4 is 50.1 Å². The minimum atomic E-state index is -0.577. The van der Waals surface area contributed by atoms with Gasteiger partial charge in [0.1, 0.15) is 9.88 Å². The molecule has 0 aliphatic rings. The van der Waals surface area contributed by atoms with Crippen LogP contribution in [0.1, 0.15) is 45.4 Å². The lowest BCUT2D eigenvalue weighted by Crippen LogP contribution is -2.16. The summed E-state index contributed by atoms with van der Waals surface area (Å²) < 4.78 is 12.4. The van der Waals surface area contributed by atoms with Gasteiger partial charge in [0.05, 0.1) is 29.9 Å². The van der Waals surface area contributed by atoms with Crippen molar-refractivity contribution in [2.24, 2.45) is 0 Å². The average molecular weight is 458 g/mol. The van der Waals surface area contributed by atoms with Crippen LogP contribution in [-0.4, -0.2) is 41.3 Å². The van der Waals surface area contributed by atoms with E-state index in [1.165, 1.54) is 7.11 Å². The van der Waals surface area contributed by atoms with Crippen molar-refractivity contribution in [3.8, 4) is 0 Å². The monoisotopic (exact) mass is 457 g/mol. The van der Waals surface area contributed by atoms with E-state index in [1.54, 1.807) is 24.0 Å². The molecule has 2 aromatic rings. The van der Waals surface area contributed by atoms with Gasteiger partial charge in [0.2, 0.25) is 5.91 Å². The second-order valence-corrected chi connectivity index (χ2v) is 7.54. The molecule has 1 amide bonds. The van der Waals surface area contributed by atoms with E-state index in [0.29, 0.717) is 18.5 Å². The SMILES string of the molecule is CCCOC(=O)c1c(NC(=O)CCn2cc(Br)cn2)sc(C(=O)OC)c1C. The molecular formula is C17H20BrN3O5S. The van der Waals surface area contributed by atoms with E-state index < -0.39 is 11.9 Å². The van der Waals surface area contributed by atoms with Crippen molar-refractivity contribution in [1.29, 1.82) is 0 Å². The minimum Gasteiger partial charge on any atom is -0.465 e. The van der Waals surface area contributed by atoms with E-state index in [4.69, 9.17) is 9.47 Å². The fraction of sp³-hybridized carbons (Fsp3) is 0.412. The van der Waals surface area contributed by atoms with Gasteiger partial charge in [-0.1, -0.05) is 6.92 Å². The van der Waals surface area contributed by atoms with Crippen LogP contribution in [0.25, 0.3) is 0 Å². The van der Waals surface area contributed by atoms with Crippen LogP contribution < -0.4 is 5.32 Å². The zero-order valence-electron chi connectivity index (χ0n) is 15.2. The number of nitrogens with zero attached hydrogens (tertiary/aromatic N) is 2. The summed E-state index contributed by atoms with van der Waals surface area (Å²) in [4.78, 5) is 36.9. The lowest BCUT2D eigenvalue weighted by atomic mass is 10.1. The molecule has 0 aliphatic heterocycles. The van der Waals surface area contributed by atoms with Crippen LogP contribution in [0.3, 0.4) is 0 Å². The third-order valence-corrected chi connectivity index (χ3v) is 5.18. The molecular weight excluding hydrogens is 438 g/mol. The molecule has 0 radical (unpaired) electrons. The third-order valence-electron chi connectivity index (χ3n) is 3.58. The molecule has 10 heteroatoms. The van der Waals surface area contributed by atoms with Crippen molar-refractivity contribution in [3.63, 3.8) is 0 Å². The first-order valence-electron chi connectivity index (χ1n) is 8.24. The van der Waals surface area contributed by atoms with E-state index in [1.807, 2.05) is 6.92 Å². The summed E-state index contributed by atoms with van der Waals surface area (Å²) in [5.41, 5.74) is 0.614. The molecule has 27 heavy (non-hydrogen) atoms. The number of nitrogens with one attached hydrogen (secondary N) is 1. The number of esters is 2. The predicted molar refractivity (Wildman–Crippen MR) is 104 cm³/mol. The number of aryl methyl sites for hydroxylation is 1. The number of carbonyl (C=O) groups is 3. The van der Waals surface area contributed by atoms with Gasteiger partial charge in [-0.3, -0.25) is 9.48 Å². The Morgan fingerprint density at radius 3 is 2.67 bits per heavy atom. The van der Waals surface area contributed by atoms with Crippen LogP contribution >= 0.6 is 27.3 Å². The molecule has 0 aromatic carbocycles. The minimum absolute atomic E-state index is 0.155. The van der Waals surface area contributed by atoms with Crippen molar-refractivity contribution in [3.05, 3.63) is 32.9 Å². The average Bonchev–Trinajstić information content (AvgIpc) is 3.20. The number of amides is 1. The third kappa shape index (κ3) is 5.39. The van der Waals surface area contributed by atoms with Gasteiger partial charge in [0.25, 0.3) is 0 Å². The maximum atomic E-state index is 12.4. The van der Waals surface area contributed by atoms with Crippen molar-refractivity contribution < 1.29 is 23.9 Å². The maximum absolute atomic E-state index is 12.4. The first-order chi connectivity index (χ1) is 12.9. The Morgan fingerprint density at radius 1 is 1.33 bits per heavy atom. The molecule has 2 rings (SSSR count). The Kier molecular flexibility index (Phi) is 7.55. The van der Waals surface area contributed by atoms with Gasteiger partial charge in [0, 0.05) is 19.2 Å². The van der Waals surface area contributed by atoms with Gasteiger partial charge >= 0.3 is 11.9 Å². The number of ether oxygens (including phenoxy) is 2. The molecule has 1 N–H and O–H groups in total. The van der Waals surface area contributed by atoms with E-state index >= 15 is 0 Å². The molecule has 0 unspecified atom stereocenters. The topological polar surface area (TPSA) is 99.5 Å². The summed E-state index contributed by atoms with van der Waals surface area (Å²) in [5.74, 6) is -1.44. The highest BCUT2D eigenvalue weighted by Crippen LogP contribution is 2.34. The maximum Gasteiger partial charge on any atom is 0.348 e. The number of anilines is 1. The van der Waals surface area contributed by atoms with Crippen molar-refractivity contribution in [1.82, 2.24) is 9.78 Å². The molecule has 146 valence electrons. The first-order valence-corrected chi connectivity index (χ1v) is 9.84. The van der Waals surface area contributed by atoms with E-state index in [0.717, 1.165) is 15.8 Å². The lowest BCUT2D eigenvalue weighted by Gasteiger charge is -2.08. The standard InChI is InChI=1S/C17H20BrN3O5S/c1-4-7-26-16(23)13-10(2)14(17(24)25-3)27-15(13)20-12(22)5-6-21-9-11(18)8-19-21/h8-9H,4-7H2,1-3H3,(H,20,22). The molecule has 0 fully saturated rings. The summed E-state index contributed by atoms with van der Waals surface area (Å²) in [6, 6.07) is 0. The van der Waals surface area contributed by atoms with Crippen LogP contribution in [-0.2, 0) is 20.8 Å². The number of carbonyl (C=O) groups excluding carboxylic acids is 3. The van der Waals surface area contributed by atoms with Crippen LogP contribution in [0.5, 0.6) is 0 Å². The predicted octanol–water partition coefficient (Wildman–Crippen LogP) is 3.40. The first kappa shape index (κ1) is 21.1. The zero-order valence-corrected chi connectivity index (χ0v) is 17.6. The van der Waals surface area contributed by atoms with E-state index in [9.17, 15) is 14.4 Å². The Morgan fingerprint density at radius 2 is 2.07 bits per heavy atom. The highest BCUT2D eigenvalue weighted by molar-refractivity contribution is 9.10. The summed E-state index contributed by atoms with van der Waals surface area (Å²) in [7, 11) is 1.26. The van der Waals surface area contributed by atoms with Gasteiger partial charge in [-0.25, -0.2) is 9.59 Å². The molecule has 2 heterocycles. The Hall–Kier alpha value is -2.20. The number of hydrogen-bond donors (Lipinski definition) is 1. The van der Waals surface area contributed by atoms with Gasteiger partial charge in [-0.15, -0.1) is 11.3 Å². The summed E-state index contributed by atoms with van der Waals surface area (Å²) in [6.07, 6.45) is 4.21. The molecule has 0 saturated carbocycles. The van der Waals surface area contributed by atoms with E-state index in [-0.39, 0.29) is 34.4 Å². The van der Waals surface area contributed by atoms with Gasteiger partial charge < -0.3 is 14.8 Å². The number of hydrogen-bond acceptors (Lipinski definition) is 7. The molecule has 0 aliphatic carbocycles. The molecule has 0 atom stereocenters. The van der Waals surface area contributed by atoms with Gasteiger partial charge in [-0.2, -0.15) is 5.10 Å². The molecule has 8 nitrogen and oxygen atoms in total. The zero-order chi connectivity index (χ0) is 20.0. The Bertz CT molecular complexity index is 846. The smallest absolute Gasteiger partial charge is 0.348 e. The number of aromatic nitrogens is 2. The second kappa shape index (κ2) is 9.65. The van der Waals surface area contributed by atoms with Crippen LogP contribution in [0.4, 0.5) is 5.00 Å². The molecule has 0 bridgehead atoms. The summed E-state index contributed by atoms with van der Waals surface area (Å²) in [5, 5.41) is 7.07. The summed E-state index contributed by atoms with van der Waals surface area (Å²) >= 11 is 4.29. The highest BCUT2D eigenvalue weighted by atomic mass is 79.9. The van der Waals surface area contributed by atoms with Crippen LogP contribution in [0.2, 0.25) is 0 Å². The summed E-state index contributed by atoms with van der Waals surface area (Å²) in [6.45, 7) is 4.14. The van der Waals surface area contributed by atoms with Crippen molar-refractivity contribution in [2.75, 3.05) is 19.0 Å². The highest BCUT2D eigenvalue weighted by Gasteiger charge is 2.27. The Labute approximate surface area is 169 Å². The van der Waals surface area contributed by atoms with Gasteiger partial charge in [0.15, 0.2) is 0 Å². The van der Waals surface area contributed by atoms with Crippen molar-refractivity contribution in [2.45, 2.75) is 33.2 Å². The van der Waals surface area contributed by atoms with Crippen LogP contribution in [0, 0.1) is 6.92 Å². The van der Waals surface area contributed by atoms with Crippen LogP contribution in [0.15, 0.2) is 16.9 Å². The fourth-order valence-electron chi connectivity index (χ4n) is 2.27. The number of thiophene rings is 1. The van der Waals surface area contributed by atoms with Gasteiger partial charge in [-0.05, 0) is 34.8 Å². The molecule has 0 spiro atoms. The fourth-order valence-corrected chi connectivity index (χ4v) is 3.72. The number of halogens is 1. The number of methoxy groups -OCH3 is 1. The largest absolute Gasteiger partial charge is 0.465 e.